The number of para-hydroxylation sites is 1. The molecule has 9 aromatic rings. The molecule has 1 unspecified atom stereocenters. The Balaban J connectivity index is 1.17. The lowest BCUT2D eigenvalue weighted by Crippen LogP contribution is -2.33. The van der Waals surface area contributed by atoms with Crippen LogP contribution in [0.2, 0.25) is 0 Å². The third kappa shape index (κ3) is 4.22. The van der Waals surface area contributed by atoms with Gasteiger partial charge in [-0.05, 0) is 115 Å². The number of nitriles is 1. The molecule has 1 atom stereocenters. The number of hydrogen-bond acceptors (Lipinski definition) is 3. The standard InChI is InChI=1S/C50H34N3OP/c1-30-52-43-18-11-19-45-49(43)53(30)44-25-22-33(28-46(44)55(45,54)34-12-5-4-6-13-34)48-39-16-9-7-14-37(39)47(38-15-8-10-17-40(38)48)32-21-24-36-35-23-20-31(29-51)26-41(35)50(2,3)42(36)27-32/h4-28H,1-3H3. The molecule has 0 spiro atoms. The molecule has 0 N–H and O–H groups in total. The summed E-state index contributed by atoms with van der Waals surface area (Å²) in [7, 11) is -3.31. The predicted octanol–water partition coefficient (Wildman–Crippen LogP) is 11.1. The highest BCUT2D eigenvalue weighted by Gasteiger charge is 2.40. The Labute approximate surface area is 319 Å². The SMILES string of the molecule is Cc1nc2cccc3c2n1-c1ccc(-c2c4ccccc4c(-c4ccc5c(c4)C(C)(C)c4cc(C#N)ccc4-5)c4ccccc24)cc1P3(=O)c1ccccc1. The Kier molecular flexibility index (Phi) is 6.53. The number of rotatable bonds is 3. The lowest BCUT2D eigenvalue weighted by Gasteiger charge is -2.29. The first kappa shape index (κ1) is 31.9. The molecule has 0 saturated heterocycles. The maximum Gasteiger partial charge on any atom is 0.175 e. The molecule has 55 heavy (non-hydrogen) atoms. The summed E-state index contributed by atoms with van der Waals surface area (Å²) in [5.74, 6) is 0.877. The maximum absolute atomic E-state index is 16.0. The summed E-state index contributed by atoms with van der Waals surface area (Å²) in [6, 6.07) is 55.3. The van der Waals surface area contributed by atoms with E-state index in [2.05, 4.69) is 122 Å². The van der Waals surface area contributed by atoms with Crippen LogP contribution in [0.5, 0.6) is 0 Å². The van der Waals surface area contributed by atoms with Gasteiger partial charge in [0.1, 0.15) is 5.82 Å². The van der Waals surface area contributed by atoms with Gasteiger partial charge in [-0.15, -0.1) is 0 Å². The van der Waals surface area contributed by atoms with Gasteiger partial charge in [-0.2, -0.15) is 5.26 Å². The molecule has 1 aromatic heterocycles. The van der Waals surface area contributed by atoms with Crippen LogP contribution in [0.1, 0.15) is 36.4 Å². The summed E-state index contributed by atoms with van der Waals surface area (Å²) in [5.41, 5.74) is 12.5. The van der Waals surface area contributed by atoms with Gasteiger partial charge >= 0.3 is 0 Å². The highest BCUT2D eigenvalue weighted by molar-refractivity contribution is 7.86. The topological polar surface area (TPSA) is 58.7 Å². The van der Waals surface area contributed by atoms with Gasteiger partial charge in [-0.3, -0.25) is 4.57 Å². The van der Waals surface area contributed by atoms with Gasteiger partial charge in [0, 0.05) is 21.3 Å². The van der Waals surface area contributed by atoms with Crippen molar-refractivity contribution in [3.8, 4) is 45.1 Å². The third-order valence-electron chi connectivity index (χ3n) is 12.2. The average Bonchev–Trinajstić information content (AvgIpc) is 3.68. The molecule has 5 heteroatoms. The predicted molar refractivity (Wildman–Crippen MR) is 227 cm³/mol. The zero-order valence-corrected chi connectivity index (χ0v) is 31.5. The number of aryl methyl sites for hydroxylation is 1. The fraction of sp³-hybridized carbons (Fsp3) is 0.0800. The van der Waals surface area contributed by atoms with Crippen molar-refractivity contribution in [2.24, 2.45) is 0 Å². The van der Waals surface area contributed by atoms with Crippen LogP contribution in [-0.4, -0.2) is 9.55 Å². The van der Waals surface area contributed by atoms with Crippen LogP contribution in [0, 0.1) is 18.3 Å². The monoisotopic (exact) mass is 723 g/mol. The Bertz CT molecular complexity index is 3180. The van der Waals surface area contributed by atoms with Gasteiger partial charge in [0.15, 0.2) is 7.14 Å². The van der Waals surface area contributed by atoms with E-state index in [4.69, 9.17) is 4.98 Å². The minimum Gasteiger partial charge on any atom is -0.308 e. The molecule has 8 aromatic carbocycles. The highest BCUT2D eigenvalue weighted by Crippen LogP contribution is 2.53. The molecule has 4 nitrogen and oxygen atoms in total. The van der Waals surface area contributed by atoms with Crippen LogP contribution in [-0.2, 0) is 9.98 Å². The van der Waals surface area contributed by atoms with Crippen molar-refractivity contribution < 1.29 is 4.57 Å². The minimum atomic E-state index is -3.31. The van der Waals surface area contributed by atoms with E-state index in [1.165, 1.54) is 27.8 Å². The number of hydrogen-bond donors (Lipinski definition) is 0. The number of benzene rings is 8. The summed E-state index contributed by atoms with van der Waals surface area (Å²) < 4.78 is 18.2. The Hall–Kier alpha value is -6.53. The number of nitrogens with zero attached hydrogens (tertiary/aromatic N) is 3. The average molecular weight is 724 g/mol. The first-order chi connectivity index (χ1) is 26.8. The minimum absolute atomic E-state index is 0.257. The summed E-state index contributed by atoms with van der Waals surface area (Å²) >= 11 is 0. The van der Waals surface area contributed by atoms with E-state index < -0.39 is 7.14 Å². The van der Waals surface area contributed by atoms with Gasteiger partial charge in [-0.1, -0.05) is 123 Å². The largest absolute Gasteiger partial charge is 0.308 e. The van der Waals surface area contributed by atoms with E-state index >= 15 is 4.57 Å². The molecular weight excluding hydrogens is 690 g/mol. The fourth-order valence-corrected chi connectivity index (χ4v) is 12.7. The molecule has 0 radical (unpaired) electrons. The number of aromatic nitrogens is 2. The number of imidazole rings is 1. The van der Waals surface area contributed by atoms with Crippen molar-refractivity contribution in [3.05, 3.63) is 174 Å². The van der Waals surface area contributed by atoms with Crippen LogP contribution in [0.3, 0.4) is 0 Å². The lowest BCUT2D eigenvalue weighted by atomic mass is 9.80. The second-order valence-electron chi connectivity index (χ2n) is 15.4. The summed E-state index contributed by atoms with van der Waals surface area (Å²) in [6.45, 7) is 6.56. The molecule has 0 amide bonds. The van der Waals surface area contributed by atoms with Crippen LogP contribution in [0.15, 0.2) is 152 Å². The van der Waals surface area contributed by atoms with Crippen molar-refractivity contribution in [1.29, 1.82) is 5.26 Å². The Morgan fingerprint density at radius 3 is 1.85 bits per heavy atom. The molecular formula is C50H34N3OP. The lowest BCUT2D eigenvalue weighted by molar-refractivity contribution is 0.592. The van der Waals surface area contributed by atoms with E-state index in [0.29, 0.717) is 5.56 Å². The smallest absolute Gasteiger partial charge is 0.175 e. The summed E-state index contributed by atoms with van der Waals surface area (Å²) in [6.07, 6.45) is 0. The van der Waals surface area contributed by atoms with Crippen LogP contribution in [0.25, 0.3) is 71.6 Å². The summed E-state index contributed by atoms with van der Waals surface area (Å²) in [5, 5.41) is 16.8. The molecule has 0 fully saturated rings. The molecule has 2 heterocycles. The van der Waals surface area contributed by atoms with Crippen molar-refractivity contribution in [2.75, 3.05) is 0 Å². The maximum atomic E-state index is 16.0. The van der Waals surface area contributed by atoms with E-state index in [9.17, 15) is 5.26 Å². The Morgan fingerprint density at radius 2 is 1.20 bits per heavy atom. The van der Waals surface area contributed by atoms with E-state index in [-0.39, 0.29) is 5.41 Å². The van der Waals surface area contributed by atoms with E-state index in [1.54, 1.807) is 0 Å². The van der Waals surface area contributed by atoms with Crippen LogP contribution < -0.4 is 15.9 Å². The summed E-state index contributed by atoms with van der Waals surface area (Å²) in [4.78, 5) is 4.92. The van der Waals surface area contributed by atoms with E-state index in [1.807, 2.05) is 61.5 Å². The highest BCUT2D eigenvalue weighted by atomic mass is 31.2. The van der Waals surface area contributed by atoms with Gasteiger partial charge in [0.25, 0.3) is 0 Å². The van der Waals surface area contributed by atoms with Gasteiger partial charge in [-0.25, -0.2) is 4.98 Å². The van der Waals surface area contributed by atoms with Crippen molar-refractivity contribution in [2.45, 2.75) is 26.2 Å². The molecule has 1 aliphatic heterocycles. The zero-order valence-electron chi connectivity index (χ0n) is 30.6. The third-order valence-corrected chi connectivity index (χ3v) is 15.3. The van der Waals surface area contributed by atoms with Crippen molar-refractivity contribution in [1.82, 2.24) is 9.55 Å². The van der Waals surface area contributed by atoms with E-state index in [0.717, 1.165) is 76.7 Å². The van der Waals surface area contributed by atoms with Crippen LogP contribution in [0.4, 0.5) is 0 Å². The molecule has 260 valence electrons. The number of fused-ring (bicyclic) bond motifs is 7. The molecule has 2 aliphatic rings. The zero-order chi connectivity index (χ0) is 37.2. The first-order valence-electron chi connectivity index (χ1n) is 18.7. The van der Waals surface area contributed by atoms with Gasteiger partial charge in [0.05, 0.1) is 28.4 Å². The molecule has 0 bridgehead atoms. The normalized spacial score (nSPS) is 16.2. The fourth-order valence-electron chi connectivity index (χ4n) is 9.65. The second kappa shape index (κ2) is 11.2. The second-order valence-corrected chi connectivity index (χ2v) is 18.1. The van der Waals surface area contributed by atoms with Gasteiger partial charge in [0.2, 0.25) is 0 Å². The van der Waals surface area contributed by atoms with Crippen molar-refractivity contribution in [3.63, 3.8) is 0 Å². The molecule has 11 rings (SSSR count). The molecule has 0 saturated carbocycles. The Morgan fingerprint density at radius 1 is 0.618 bits per heavy atom. The quantitative estimate of drug-likeness (QED) is 0.135. The van der Waals surface area contributed by atoms with Crippen LogP contribution >= 0.6 is 7.14 Å². The molecule has 1 aliphatic carbocycles. The van der Waals surface area contributed by atoms with Gasteiger partial charge < -0.3 is 4.57 Å². The first-order valence-corrected chi connectivity index (χ1v) is 20.4. The van der Waals surface area contributed by atoms with Crippen molar-refractivity contribution >= 4 is 55.6 Å².